The smallest absolute Gasteiger partial charge is 0.251 e. The number of hydrogen-bond donors (Lipinski definition) is 2. The van der Waals surface area contributed by atoms with Crippen LogP contribution >= 0.6 is 0 Å². The molecule has 0 bridgehead atoms. The first kappa shape index (κ1) is 14.8. The molecule has 1 aromatic rings. The summed E-state index contributed by atoms with van der Waals surface area (Å²) in [6, 6.07) is 3.73. The molecule has 4 heteroatoms. The van der Waals surface area contributed by atoms with Gasteiger partial charge in [-0.2, -0.15) is 0 Å². The molecule has 0 spiro atoms. The molecule has 1 amide bonds. The molecule has 1 aliphatic rings. The van der Waals surface area contributed by atoms with E-state index in [0.29, 0.717) is 11.0 Å². The number of nitrogens with one attached hydrogen (secondary N) is 2. The molecule has 0 atom stereocenters. The van der Waals surface area contributed by atoms with E-state index in [9.17, 15) is 4.79 Å². The lowest BCUT2D eigenvalue weighted by Crippen LogP contribution is -2.30. The van der Waals surface area contributed by atoms with Crippen LogP contribution in [0.4, 0.5) is 5.82 Å². The van der Waals surface area contributed by atoms with Gasteiger partial charge in [-0.3, -0.25) is 4.79 Å². The molecule has 0 radical (unpaired) electrons. The largest absolute Gasteiger partial charge is 0.373 e. The van der Waals surface area contributed by atoms with Gasteiger partial charge in [0.15, 0.2) is 0 Å². The van der Waals surface area contributed by atoms with Crippen LogP contribution in [0.5, 0.6) is 0 Å². The van der Waals surface area contributed by atoms with E-state index in [1.165, 1.54) is 12.8 Å². The van der Waals surface area contributed by atoms with E-state index >= 15 is 0 Å². The van der Waals surface area contributed by atoms with Crippen LogP contribution in [-0.4, -0.2) is 24.5 Å². The Bertz CT molecular complexity index is 481. The number of aromatic nitrogens is 1. The third kappa shape index (κ3) is 3.50. The van der Waals surface area contributed by atoms with Crippen molar-refractivity contribution >= 4 is 11.7 Å². The van der Waals surface area contributed by atoms with Gasteiger partial charge in [0, 0.05) is 24.8 Å². The second-order valence-electron chi connectivity index (χ2n) is 5.77. The number of rotatable bonds is 7. The molecule has 1 heterocycles. The van der Waals surface area contributed by atoms with E-state index in [4.69, 9.17) is 0 Å². The number of pyridine rings is 1. The van der Waals surface area contributed by atoms with Crippen molar-refractivity contribution in [3.63, 3.8) is 0 Å². The van der Waals surface area contributed by atoms with Gasteiger partial charge in [-0.25, -0.2) is 4.98 Å². The lowest BCUT2D eigenvalue weighted by molar-refractivity contribution is 0.0944. The first-order valence-corrected chi connectivity index (χ1v) is 7.59. The third-order valence-electron chi connectivity index (χ3n) is 4.23. The average molecular weight is 275 g/mol. The van der Waals surface area contributed by atoms with E-state index in [1.54, 1.807) is 0 Å². The summed E-state index contributed by atoms with van der Waals surface area (Å²) in [4.78, 5) is 16.8. The van der Waals surface area contributed by atoms with Gasteiger partial charge in [-0.05, 0) is 43.2 Å². The summed E-state index contributed by atoms with van der Waals surface area (Å²) in [5.74, 6) is 0.777. The van der Waals surface area contributed by atoms with Crippen molar-refractivity contribution in [3.8, 4) is 0 Å². The van der Waals surface area contributed by atoms with Crippen molar-refractivity contribution < 1.29 is 4.79 Å². The number of anilines is 1. The minimum Gasteiger partial charge on any atom is -0.373 e. The van der Waals surface area contributed by atoms with Gasteiger partial charge in [0.2, 0.25) is 0 Å². The van der Waals surface area contributed by atoms with Gasteiger partial charge >= 0.3 is 0 Å². The highest BCUT2D eigenvalue weighted by Crippen LogP contribution is 2.47. The maximum Gasteiger partial charge on any atom is 0.251 e. The van der Waals surface area contributed by atoms with Crippen LogP contribution in [0.2, 0.25) is 0 Å². The number of aryl methyl sites for hydroxylation is 1. The molecule has 1 saturated carbocycles. The summed E-state index contributed by atoms with van der Waals surface area (Å²) in [6.45, 7) is 5.11. The van der Waals surface area contributed by atoms with E-state index < -0.39 is 0 Å². The van der Waals surface area contributed by atoms with Crippen molar-refractivity contribution in [2.45, 2.75) is 46.0 Å². The normalized spacial score (nSPS) is 15.8. The van der Waals surface area contributed by atoms with Crippen LogP contribution in [0, 0.1) is 5.41 Å². The van der Waals surface area contributed by atoms with Crippen molar-refractivity contribution in [3.05, 3.63) is 23.4 Å². The summed E-state index contributed by atoms with van der Waals surface area (Å²) in [7, 11) is 1.83. The zero-order valence-corrected chi connectivity index (χ0v) is 12.8. The summed E-state index contributed by atoms with van der Waals surface area (Å²) < 4.78 is 0. The molecule has 1 aliphatic carbocycles. The van der Waals surface area contributed by atoms with Gasteiger partial charge in [-0.1, -0.05) is 20.3 Å². The Labute approximate surface area is 121 Å². The van der Waals surface area contributed by atoms with E-state index in [2.05, 4.69) is 29.5 Å². The number of carbonyl (C=O) groups is 1. The number of hydrogen-bond acceptors (Lipinski definition) is 3. The van der Waals surface area contributed by atoms with E-state index in [1.807, 2.05) is 19.2 Å². The molecular weight excluding hydrogens is 250 g/mol. The Morgan fingerprint density at radius 1 is 1.35 bits per heavy atom. The molecule has 4 nitrogen and oxygen atoms in total. The van der Waals surface area contributed by atoms with Crippen LogP contribution in [0.1, 0.15) is 55.6 Å². The predicted octanol–water partition coefficient (Wildman–Crippen LogP) is 3.00. The van der Waals surface area contributed by atoms with Crippen molar-refractivity contribution in [1.82, 2.24) is 10.3 Å². The zero-order valence-electron chi connectivity index (χ0n) is 12.8. The highest BCUT2D eigenvalue weighted by atomic mass is 16.1. The lowest BCUT2D eigenvalue weighted by atomic mass is 10.0. The van der Waals surface area contributed by atoms with Crippen molar-refractivity contribution in [2.75, 3.05) is 18.9 Å². The van der Waals surface area contributed by atoms with Gasteiger partial charge in [0.1, 0.15) is 5.82 Å². The van der Waals surface area contributed by atoms with Crippen molar-refractivity contribution in [1.29, 1.82) is 0 Å². The Kier molecular flexibility index (Phi) is 4.63. The summed E-state index contributed by atoms with van der Waals surface area (Å²) in [6.07, 6.45) is 5.55. The van der Waals surface area contributed by atoms with Crippen LogP contribution in [0.25, 0.3) is 0 Å². The van der Waals surface area contributed by atoms with Gasteiger partial charge in [-0.15, -0.1) is 0 Å². The highest BCUT2D eigenvalue weighted by Gasteiger charge is 2.40. The minimum atomic E-state index is 0.0148. The molecule has 0 aliphatic heterocycles. The Morgan fingerprint density at radius 3 is 2.65 bits per heavy atom. The van der Waals surface area contributed by atoms with E-state index in [0.717, 1.165) is 37.3 Å². The first-order valence-electron chi connectivity index (χ1n) is 7.59. The monoisotopic (exact) mass is 275 g/mol. The topological polar surface area (TPSA) is 54.0 Å². The predicted molar refractivity (Wildman–Crippen MR) is 82.1 cm³/mol. The fourth-order valence-corrected chi connectivity index (χ4v) is 2.43. The van der Waals surface area contributed by atoms with Crippen molar-refractivity contribution in [2.24, 2.45) is 5.41 Å². The van der Waals surface area contributed by atoms with Crippen LogP contribution in [0.15, 0.2) is 12.1 Å². The van der Waals surface area contributed by atoms with Crippen LogP contribution in [-0.2, 0) is 6.42 Å². The number of amides is 1. The second-order valence-corrected chi connectivity index (χ2v) is 5.77. The molecule has 2 rings (SSSR count). The molecule has 0 aromatic carbocycles. The van der Waals surface area contributed by atoms with Crippen LogP contribution in [0.3, 0.4) is 0 Å². The molecule has 2 N–H and O–H groups in total. The Hall–Kier alpha value is -1.58. The van der Waals surface area contributed by atoms with Gasteiger partial charge in [0.05, 0.1) is 0 Å². The maximum atomic E-state index is 12.3. The number of nitrogens with zero attached hydrogens (tertiary/aromatic N) is 1. The molecule has 20 heavy (non-hydrogen) atoms. The molecule has 1 fully saturated rings. The lowest BCUT2D eigenvalue weighted by Gasteiger charge is -2.14. The SMILES string of the molecule is CCCc1cc(C(=O)NCC2(CC)CC2)cc(NC)n1. The Balaban J connectivity index is 2.06. The standard InChI is InChI=1S/C16H25N3O/c1-4-6-13-9-12(10-14(17-3)19-13)15(20)18-11-16(5-2)7-8-16/h9-10H,4-8,11H2,1-3H3,(H,17,19)(H,18,20). The second kappa shape index (κ2) is 6.25. The summed E-state index contributed by atoms with van der Waals surface area (Å²) in [5.41, 5.74) is 2.06. The fourth-order valence-electron chi connectivity index (χ4n) is 2.43. The summed E-state index contributed by atoms with van der Waals surface area (Å²) in [5, 5.41) is 6.10. The molecule has 1 aromatic heterocycles. The molecule has 0 unspecified atom stereocenters. The summed E-state index contributed by atoms with van der Waals surface area (Å²) >= 11 is 0. The quantitative estimate of drug-likeness (QED) is 0.804. The third-order valence-corrected chi connectivity index (χ3v) is 4.23. The van der Waals surface area contributed by atoms with Gasteiger partial charge in [0.25, 0.3) is 5.91 Å². The number of carbonyl (C=O) groups excluding carboxylic acids is 1. The zero-order chi connectivity index (χ0) is 14.6. The molecular formula is C16H25N3O. The van der Waals surface area contributed by atoms with E-state index in [-0.39, 0.29) is 5.91 Å². The fraction of sp³-hybridized carbons (Fsp3) is 0.625. The molecule has 110 valence electrons. The average Bonchev–Trinajstić information content (AvgIpc) is 3.25. The van der Waals surface area contributed by atoms with Crippen LogP contribution < -0.4 is 10.6 Å². The first-order chi connectivity index (χ1) is 9.62. The van der Waals surface area contributed by atoms with Gasteiger partial charge < -0.3 is 10.6 Å². The Morgan fingerprint density at radius 2 is 2.10 bits per heavy atom. The molecule has 0 saturated heterocycles. The minimum absolute atomic E-state index is 0.0148. The maximum absolute atomic E-state index is 12.3. The highest BCUT2D eigenvalue weighted by molar-refractivity contribution is 5.95.